The zero-order valence-corrected chi connectivity index (χ0v) is 9.62. The van der Waals surface area contributed by atoms with Gasteiger partial charge in [-0.2, -0.15) is 0 Å². The molecule has 0 spiro atoms. The third-order valence-electron chi connectivity index (χ3n) is 2.29. The summed E-state index contributed by atoms with van der Waals surface area (Å²) in [4.78, 5) is 4.28. The van der Waals surface area contributed by atoms with Crippen LogP contribution in [-0.2, 0) is 6.54 Å². The molecule has 0 radical (unpaired) electrons. The molecule has 1 aromatic carbocycles. The summed E-state index contributed by atoms with van der Waals surface area (Å²) < 4.78 is 2.02. The molecule has 0 saturated carbocycles. The van der Waals surface area contributed by atoms with Crippen molar-refractivity contribution < 1.29 is 0 Å². The van der Waals surface area contributed by atoms with Gasteiger partial charge in [0.25, 0.3) is 0 Å². The Morgan fingerprint density at radius 2 is 2.20 bits per heavy atom. The molecule has 1 aromatic heterocycles. The highest BCUT2D eigenvalue weighted by atomic mass is 35.5. The second kappa shape index (κ2) is 3.74. The second-order valence-electron chi connectivity index (χ2n) is 4.11. The largest absolute Gasteiger partial charge is 0.369 e. The topological polar surface area (TPSA) is 43.8 Å². The number of fused-ring (bicyclic) bond motifs is 1. The molecule has 1 heterocycles. The average Bonchev–Trinajstić information content (AvgIpc) is 2.41. The first kappa shape index (κ1) is 10.3. The van der Waals surface area contributed by atoms with Gasteiger partial charge in [0.1, 0.15) is 0 Å². The van der Waals surface area contributed by atoms with Gasteiger partial charge >= 0.3 is 0 Å². The first-order chi connectivity index (χ1) is 7.08. The number of hydrogen-bond donors (Lipinski definition) is 1. The van der Waals surface area contributed by atoms with Crippen LogP contribution in [0.25, 0.3) is 11.0 Å². The minimum atomic E-state index is 0.542. The van der Waals surface area contributed by atoms with Crippen LogP contribution in [-0.4, -0.2) is 9.55 Å². The normalized spacial score (nSPS) is 11.5. The summed E-state index contributed by atoms with van der Waals surface area (Å²) in [5.41, 5.74) is 7.77. The summed E-state index contributed by atoms with van der Waals surface area (Å²) in [7, 11) is 0. The van der Waals surface area contributed by atoms with Crippen molar-refractivity contribution in [2.24, 2.45) is 5.92 Å². The van der Waals surface area contributed by atoms with E-state index in [4.69, 9.17) is 17.3 Å². The summed E-state index contributed by atoms with van der Waals surface area (Å²) in [6.07, 6.45) is 0. The molecular weight excluding hydrogens is 210 g/mol. The summed E-state index contributed by atoms with van der Waals surface area (Å²) >= 11 is 5.90. The zero-order valence-electron chi connectivity index (χ0n) is 8.87. The Balaban J connectivity index is 2.58. The highest BCUT2D eigenvalue weighted by molar-refractivity contribution is 6.31. The van der Waals surface area contributed by atoms with Crippen molar-refractivity contribution in [3.63, 3.8) is 0 Å². The highest BCUT2D eigenvalue weighted by Crippen LogP contribution is 2.22. The number of hydrogen-bond acceptors (Lipinski definition) is 2. The molecule has 0 fully saturated rings. The Morgan fingerprint density at radius 1 is 1.47 bits per heavy atom. The number of halogens is 1. The first-order valence-electron chi connectivity index (χ1n) is 4.99. The molecule has 2 N–H and O–H groups in total. The van der Waals surface area contributed by atoms with Gasteiger partial charge in [-0.1, -0.05) is 25.4 Å². The van der Waals surface area contributed by atoms with Crippen LogP contribution in [0.3, 0.4) is 0 Å². The van der Waals surface area contributed by atoms with E-state index in [1.807, 2.05) is 22.8 Å². The Kier molecular flexibility index (Phi) is 2.57. The molecule has 0 bridgehead atoms. The number of anilines is 1. The van der Waals surface area contributed by atoms with Crippen molar-refractivity contribution >= 4 is 28.6 Å². The van der Waals surface area contributed by atoms with Gasteiger partial charge in [-0.25, -0.2) is 4.98 Å². The van der Waals surface area contributed by atoms with Gasteiger partial charge in [-0.15, -0.1) is 0 Å². The van der Waals surface area contributed by atoms with E-state index < -0.39 is 0 Å². The standard InChI is InChI=1S/C11H14ClN3/c1-7(2)6-15-10-4-3-8(12)5-9(10)14-11(15)13/h3-5,7H,6H2,1-2H3,(H2,13,14). The molecular formula is C11H14ClN3. The molecule has 2 rings (SSSR count). The van der Waals surface area contributed by atoms with Crippen molar-refractivity contribution in [1.82, 2.24) is 9.55 Å². The molecule has 0 saturated heterocycles. The van der Waals surface area contributed by atoms with E-state index in [-0.39, 0.29) is 0 Å². The number of aromatic nitrogens is 2. The summed E-state index contributed by atoms with van der Waals surface area (Å²) in [5.74, 6) is 1.10. The molecule has 0 amide bonds. The van der Waals surface area contributed by atoms with Gasteiger partial charge in [-0.3, -0.25) is 0 Å². The van der Waals surface area contributed by atoms with Crippen molar-refractivity contribution in [1.29, 1.82) is 0 Å². The van der Waals surface area contributed by atoms with E-state index in [1.54, 1.807) is 0 Å². The van der Waals surface area contributed by atoms with Crippen molar-refractivity contribution in [3.8, 4) is 0 Å². The minimum absolute atomic E-state index is 0.542. The molecule has 0 aliphatic heterocycles. The van der Waals surface area contributed by atoms with Crippen LogP contribution in [0.5, 0.6) is 0 Å². The first-order valence-corrected chi connectivity index (χ1v) is 5.37. The number of nitrogen functional groups attached to an aromatic ring is 1. The zero-order chi connectivity index (χ0) is 11.0. The highest BCUT2D eigenvalue weighted by Gasteiger charge is 2.09. The Hall–Kier alpha value is -1.22. The van der Waals surface area contributed by atoms with Crippen molar-refractivity contribution in [2.75, 3.05) is 5.73 Å². The maximum atomic E-state index is 5.90. The number of rotatable bonds is 2. The fourth-order valence-corrected chi connectivity index (χ4v) is 1.84. The van der Waals surface area contributed by atoms with Crippen molar-refractivity contribution in [2.45, 2.75) is 20.4 Å². The minimum Gasteiger partial charge on any atom is -0.369 e. The Morgan fingerprint density at radius 3 is 2.87 bits per heavy atom. The lowest BCUT2D eigenvalue weighted by Crippen LogP contribution is -2.07. The van der Waals surface area contributed by atoms with Crippen LogP contribution < -0.4 is 5.73 Å². The van der Waals surface area contributed by atoms with Crippen LogP contribution >= 0.6 is 11.6 Å². The lowest BCUT2D eigenvalue weighted by Gasteiger charge is -2.08. The maximum absolute atomic E-state index is 5.90. The van der Waals surface area contributed by atoms with E-state index in [2.05, 4.69) is 18.8 Å². The summed E-state index contributed by atoms with van der Waals surface area (Å²) in [6.45, 7) is 5.19. The molecule has 0 aliphatic carbocycles. The molecule has 2 aromatic rings. The number of benzene rings is 1. The second-order valence-corrected chi connectivity index (χ2v) is 4.54. The van der Waals surface area contributed by atoms with Gasteiger partial charge in [0.2, 0.25) is 5.95 Å². The predicted octanol–water partition coefficient (Wildman–Crippen LogP) is 2.93. The summed E-state index contributed by atoms with van der Waals surface area (Å²) in [5, 5.41) is 0.691. The van der Waals surface area contributed by atoms with Gasteiger partial charge in [0.05, 0.1) is 11.0 Å². The maximum Gasteiger partial charge on any atom is 0.201 e. The molecule has 0 unspecified atom stereocenters. The van der Waals surface area contributed by atoms with E-state index in [9.17, 15) is 0 Å². The molecule has 4 heteroatoms. The quantitative estimate of drug-likeness (QED) is 0.851. The Labute approximate surface area is 93.9 Å². The molecule has 3 nitrogen and oxygen atoms in total. The molecule has 15 heavy (non-hydrogen) atoms. The van der Waals surface area contributed by atoms with Gasteiger partial charge in [0.15, 0.2) is 0 Å². The lowest BCUT2D eigenvalue weighted by atomic mass is 10.2. The van der Waals surface area contributed by atoms with Gasteiger partial charge in [0, 0.05) is 11.6 Å². The Bertz CT molecular complexity index is 488. The number of nitrogens with two attached hydrogens (primary N) is 1. The molecule has 80 valence electrons. The number of nitrogens with zero attached hydrogens (tertiary/aromatic N) is 2. The van der Waals surface area contributed by atoms with Crippen LogP contribution in [0, 0.1) is 5.92 Å². The monoisotopic (exact) mass is 223 g/mol. The SMILES string of the molecule is CC(C)Cn1c(N)nc2cc(Cl)ccc21. The van der Waals surface area contributed by atoms with Gasteiger partial charge < -0.3 is 10.3 Å². The van der Waals surface area contributed by atoms with Gasteiger partial charge in [-0.05, 0) is 24.1 Å². The van der Waals surface area contributed by atoms with E-state index >= 15 is 0 Å². The smallest absolute Gasteiger partial charge is 0.201 e. The number of imidazole rings is 1. The third-order valence-corrected chi connectivity index (χ3v) is 2.52. The van der Waals surface area contributed by atoms with Crippen LogP contribution in [0.2, 0.25) is 5.02 Å². The fourth-order valence-electron chi connectivity index (χ4n) is 1.68. The van der Waals surface area contributed by atoms with E-state index in [0.717, 1.165) is 17.6 Å². The van der Waals surface area contributed by atoms with E-state index in [0.29, 0.717) is 16.9 Å². The van der Waals surface area contributed by atoms with Crippen LogP contribution in [0.4, 0.5) is 5.95 Å². The molecule has 0 aliphatic rings. The van der Waals surface area contributed by atoms with Crippen LogP contribution in [0.1, 0.15) is 13.8 Å². The van der Waals surface area contributed by atoms with E-state index in [1.165, 1.54) is 0 Å². The lowest BCUT2D eigenvalue weighted by molar-refractivity contribution is 0.538. The molecule has 0 atom stereocenters. The fraction of sp³-hybridized carbons (Fsp3) is 0.364. The average molecular weight is 224 g/mol. The summed E-state index contributed by atoms with van der Waals surface area (Å²) in [6, 6.07) is 5.66. The third kappa shape index (κ3) is 1.92. The van der Waals surface area contributed by atoms with Crippen molar-refractivity contribution in [3.05, 3.63) is 23.2 Å². The van der Waals surface area contributed by atoms with Crippen LogP contribution in [0.15, 0.2) is 18.2 Å². The predicted molar refractivity (Wildman–Crippen MR) is 64.0 cm³/mol.